The highest BCUT2D eigenvalue weighted by molar-refractivity contribution is 6.13. The lowest BCUT2D eigenvalue weighted by molar-refractivity contribution is -0.146. The molecule has 1 aromatic carbocycles. The van der Waals surface area contributed by atoms with Crippen LogP contribution in [-0.2, 0) is 25.9 Å². The van der Waals surface area contributed by atoms with E-state index in [-0.39, 0.29) is 24.5 Å². The van der Waals surface area contributed by atoms with Crippen molar-refractivity contribution in [2.24, 2.45) is 5.92 Å². The third-order valence-corrected chi connectivity index (χ3v) is 4.38. The molecular formula is C15H14F3NO3. The number of halogens is 3. The third-order valence-electron chi connectivity index (χ3n) is 4.38. The Bertz CT molecular complexity index is 670. The van der Waals surface area contributed by atoms with Crippen LogP contribution in [0.4, 0.5) is 18.9 Å². The summed E-state index contributed by atoms with van der Waals surface area (Å²) >= 11 is 0. The van der Waals surface area contributed by atoms with Crippen LogP contribution in [0.2, 0.25) is 0 Å². The topological polar surface area (TPSA) is 46.6 Å². The van der Waals surface area contributed by atoms with Gasteiger partial charge in [0.05, 0.1) is 23.5 Å². The lowest BCUT2D eigenvalue weighted by Gasteiger charge is -2.11. The van der Waals surface area contributed by atoms with E-state index in [9.17, 15) is 22.8 Å². The zero-order valence-electron chi connectivity index (χ0n) is 12.0. The number of benzene rings is 1. The van der Waals surface area contributed by atoms with Crippen LogP contribution in [0.1, 0.15) is 24.5 Å². The molecule has 1 spiro atoms. The number of alkyl halides is 3. The fourth-order valence-electron chi connectivity index (χ4n) is 3.21. The number of rotatable bonds is 2. The Balaban J connectivity index is 2.06. The molecule has 22 heavy (non-hydrogen) atoms. The van der Waals surface area contributed by atoms with E-state index in [0.717, 1.165) is 12.1 Å². The van der Waals surface area contributed by atoms with Crippen molar-refractivity contribution in [2.45, 2.75) is 24.9 Å². The Labute approximate surface area is 124 Å². The van der Waals surface area contributed by atoms with Crippen LogP contribution >= 0.6 is 0 Å². The average molecular weight is 313 g/mol. The Kier molecular flexibility index (Phi) is 3.02. The van der Waals surface area contributed by atoms with Crippen LogP contribution in [0.15, 0.2) is 18.2 Å². The number of carbonyl (C=O) groups excluding carboxylic acids is 2. The highest BCUT2D eigenvalue weighted by atomic mass is 19.4. The van der Waals surface area contributed by atoms with E-state index in [2.05, 4.69) is 0 Å². The first kappa shape index (κ1) is 14.9. The molecule has 3 rings (SSSR count). The Morgan fingerprint density at radius 3 is 2.73 bits per heavy atom. The summed E-state index contributed by atoms with van der Waals surface area (Å²) in [6, 6.07) is 3.21. The van der Waals surface area contributed by atoms with Gasteiger partial charge in [-0.15, -0.1) is 0 Å². The molecular weight excluding hydrogens is 299 g/mol. The molecule has 2 aliphatic rings. The van der Waals surface area contributed by atoms with Crippen molar-refractivity contribution in [3.8, 4) is 0 Å². The van der Waals surface area contributed by atoms with Crippen molar-refractivity contribution in [3.63, 3.8) is 0 Å². The van der Waals surface area contributed by atoms with Gasteiger partial charge in [-0.3, -0.25) is 9.59 Å². The van der Waals surface area contributed by atoms with Gasteiger partial charge >= 0.3 is 12.1 Å². The highest BCUT2D eigenvalue weighted by Crippen LogP contribution is 2.62. The van der Waals surface area contributed by atoms with E-state index in [0.29, 0.717) is 5.69 Å². The summed E-state index contributed by atoms with van der Waals surface area (Å²) in [4.78, 5) is 25.7. The third kappa shape index (κ3) is 1.84. The molecule has 2 unspecified atom stereocenters. The number of anilines is 1. The van der Waals surface area contributed by atoms with Gasteiger partial charge in [-0.25, -0.2) is 0 Å². The number of fused-ring (bicyclic) bond motifs is 2. The van der Waals surface area contributed by atoms with Gasteiger partial charge < -0.3 is 9.64 Å². The number of amides is 1. The Morgan fingerprint density at radius 2 is 2.14 bits per heavy atom. The van der Waals surface area contributed by atoms with Gasteiger partial charge in [-0.1, -0.05) is 0 Å². The predicted octanol–water partition coefficient (Wildman–Crippen LogP) is 2.50. The molecule has 1 heterocycles. The van der Waals surface area contributed by atoms with Crippen LogP contribution in [0.3, 0.4) is 0 Å². The molecule has 1 saturated carbocycles. The molecule has 2 atom stereocenters. The van der Waals surface area contributed by atoms with Gasteiger partial charge in [-0.05, 0) is 37.1 Å². The molecule has 1 aliphatic heterocycles. The van der Waals surface area contributed by atoms with Crippen molar-refractivity contribution in [1.29, 1.82) is 0 Å². The lowest BCUT2D eigenvalue weighted by atomic mass is 9.93. The quantitative estimate of drug-likeness (QED) is 0.788. The second-order valence-electron chi connectivity index (χ2n) is 5.57. The molecule has 0 bridgehead atoms. The first-order chi connectivity index (χ1) is 10.2. The molecule has 0 radical (unpaired) electrons. The average Bonchev–Trinajstić information content (AvgIpc) is 3.17. The monoisotopic (exact) mass is 313 g/mol. The SMILES string of the molecule is CCOC(=O)C1CC12C(=O)N(C)c1ccc(C(F)(F)F)cc12. The second-order valence-corrected chi connectivity index (χ2v) is 5.57. The maximum absolute atomic E-state index is 12.9. The van der Waals surface area contributed by atoms with E-state index in [1.165, 1.54) is 18.0 Å². The van der Waals surface area contributed by atoms with E-state index in [4.69, 9.17) is 4.74 Å². The first-order valence-corrected chi connectivity index (χ1v) is 6.90. The zero-order valence-corrected chi connectivity index (χ0v) is 12.0. The molecule has 1 aliphatic carbocycles. The number of esters is 1. The molecule has 7 heteroatoms. The maximum atomic E-state index is 12.9. The molecule has 4 nitrogen and oxygen atoms in total. The largest absolute Gasteiger partial charge is 0.466 e. The molecule has 1 aromatic rings. The van der Waals surface area contributed by atoms with Crippen molar-refractivity contribution >= 4 is 17.6 Å². The molecule has 0 saturated heterocycles. The predicted molar refractivity (Wildman–Crippen MR) is 71.3 cm³/mol. The first-order valence-electron chi connectivity index (χ1n) is 6.90. The van der Waals surface area contributed by atoms with Crippen molar-refractivity contribution in [3.05, 3.63) is 29.3 Å². The van der Waals surface area contributed by atoms with Gasteiger partial charge in [0.15, 0.2) is 0 Å². The minimum absolute atomic E-state index is 0.172. The number of nitrogens with zero attached hydrogens (tertiary/aromatic N) is 1. The van der Waals surface area contributed by atoms with E-state index in [1.807, 2.05) is 0 Å². The number of likely N-dealkylation sites (N-methyl/N-ethyl adjacent to an activating group) is 1. The second kappa shape index (κ2) is 4.47. The summed E-state index contributed by atoms with van der Waals surface area (Å²) < 4.78 is 43.6. The summed E-state index contributed by atoms with van der Waals surface area (Å²) in [7, 11) is 1.50. The molecule has 1 amide bonds. The van der Waals surface area contributed by atoms with Crippen LogP contribution < -0.4 is 4.90 Å². The van der Waals surface area contributed by atoms with Crippen LogP contribution in [0, 0.1) is 5.92 Å². The number of carbonyl (C=O) groups is 2. The fourth-order valence-corrected chi connectivity index (χ4v) is 3.21. The van der Waals surface area contributed by atoms with Gasteiger partial charge in [-0.2, -0.15) is 13.2 Å². The lowest BCUT2D eigenvalue weighted by Crippen LogP contribution is -2.31. The molecule has 118 valence electrons. The van der Waals surface area contributed by atoms with Crippen LogP contribution in [0.5, 0.6) is 0 Å². The normalized spacial score (nSPS) is 26.3. The van der Waals surface area contributed by atoms with Crippen molar-refractivity contribution in [2.75, 3.05) is 18.6 Å². The van der Waals surface area contributed by atoms with E-state index < -0.39 is 29.0 Å². The van der Waals surface area contributed by atoms with Gasteiger partial charge in [0, 0.05) is 12.7 Å². The van der Waals surface area contributed by atoms with E-state index >= 15 is 0 Å². The standard InChI is InChI=1S/C15H14F3NO3/c1-3-22-12(20)10-7-14(10)9-6-8(15(16,17)18)4-5-11(9)19(2)13(14)21/h4-6,10H,3,7H2,1-2H3. The van der Waals surface area contributed by atoms with Gasteiger partial charge in [0.2, 0.25) is 5.91 Å². The van der Waals surface area contributed by atoms with Crippen LogP contribution in [0.25, 0.3) is 0 Å². The van der Waals surface area contributed by atoms with E-state index in [1.54, 1.807) is 6.92 Å². The van der Waals surface area contributed by atoms with Crippen molar-refractivity contribution in [1.82, 2.24) is 0 Å². The summed E-state index contributed by atoms with van der Waals surface area (Å²) in [5.41, 5.74) is -1.31. The highest BCUT2D eigenvalue weighted by Gasteiger charge is 2.70. The summed E-state index contributed by atoms with van der Waals surface area (Å²) in [6.45, 7) is 1.82. The fraction of sp³-hybridized carbons (Fsp3) is 0.467. The molecule has 0 aromatic heterocycles. The van der Waals surface area contributed by atoms with Gasteiger partial charge in [0.1, 0.15) is 0 Å². The Morgan fingerprint density at radius 1 is 1.45 bits per heavy atom. The minimum Gasteiger partial charge on any atom is -0.466 e. The Hall–Kier alpha value is -2.05. The maximum Gasteiger partial charge on any atom is 0.416 e. The minimum atomic E-state index is -4.49. The van der Waals surface area contributed by atoms with Gasteiger partial charge in [0.25, 0.3) is 0 Å². The number of hydrogen-bond donors (Lipinski definition) is 0. The molecule has 1 fully saturated rings. The summed E-state index contributed by atoms with van der Waals surface area (Å²) in [5.74, 6) is -1.58. The number of ether oxygens (including phenoxy) is 1. The van der Waals surface area contributed by atoms with Crippen LogP contribution in [-0.4, -0.2) is 25.5 Å². The smallest absolute Gasteiger partial charge is 0.416 e. The van der Waals surface area contributed by atoms with Crippen molar-refractivity contribution < 1.29 is 27.5 Å². The summed E-state index contributed by atoms with van der Waals surface area (Å²) in [6.07, 6.45) is -4.29. The summed E-state index contributed by atoms with van der Waals surface area (Å²) in [5, 5.41) is 0. The zero-order chi connectivity index (χ0) is 16.3. The molecule has 0 N–H and O–H groups in total. The number of hydrogen-bond acceptors (Lipinski definition) is 3.